The Bertz CT molecular complexity index is 563. The molecule has 0 aliphatic carbocycles. The lowest BCUT2D eigenvalue weighted by molar-refractivity contribution is 0.510. The van der Waals surface area contributed by atoms with Crippen LogP contribution in [0.3, 0.4) is 0 Å². The zero-order valence-electron chi connectivity index (χ0n) is 12.4. The van der Waals surface area contributed by atoms with Crippen LogP contribution >= 0.6 is 15.9 Å². The molecule has 4 heteroatoms. The summed E-state index contributed by atoms with van der Waals surface area (Å²) in [6.45, 7) is 5.33. The van der Waals surface area contributed by atoms with Gasteiger partial charge in [0, 0.05) is 36.4 Å². The van der Waals surface area contributed by atoms with Gasteiger partial charge in [0.05, 0.1) is 0 Å². The Hall–Kier alpha value is -1.13. The number of rotatable bonds is 6. The van der Waals surface area contributed by atoms with E-state index in [4.69, 9.17) is 0 Å². The molecule has 0 spiro atoms. The number of imidazole rings is 1. The summed E-state index contributed by atoms with van der Waals surface area (Å²) in [5.74, 6) is 1.10. The molecule has 1 N–H and O–H groups in total. The third-order valence-corrected chi connectivity index (χ3v) is 4.20. The van der Waals surface area contributed by atoms with E-state index >= 15 is 0 Å². The quantitative estimate of drug-likeness (QED) is 0.870. The first-order valence-corrected chi connectivity index (χ1v) is 7.86. The summed E-state index contributed by atoms with van der Waals surface area (Å²) in [4.78, 5) is 4.45. The van der Waals surface area contributed by atoms with Gasteiger partial charge < -0.3 is 9.88 Å². The van der Waals surface area contributed by atoms with E-state index in [-0.39, 0.29) is 6.04 Å². The minimum atomic E-state index is 0.283. The third-order valence-electron chi connectivity index (χ3n) is 3.48. The smallest absolute Gasteiger partial charge is 0.110 e. The summed E-state index contributed by atoms with van der Waals surface area (Å²) in [5.41, 5.74) is 2.59. The van der Waals surface area contributed by atoms with Gasteiger partial charge in [-0.05, 0) is 31.5 Å². The molecule has 20 heavy (non-hydrogen) atoms. The Morgan fingerprint density at radius 3 is 2.85 bits per heavy atom. The molecule has 0 fully saturated rings. The van der Waals surface area contributed by atoms with E-state index in [1.807, 2.05) is 19.4 Å². The van der Waals surface area contributed by atoms with Gasteiger partial charge in [-0.25, -0.2) is 4.98 Å². The normalized spacial score (nSPS) is 12.6. The van der Waals surface area contributed by atoms with Crippen molar-refractivity contribution in [1.82, 2.24) is 14.9 Å². The number of nitrogens with one attached hydrogen (secondary N) is 1. The number of aryl methyl sites for hydroxylation is 2. The molecule has 0 amide bonds. The van der Waals surface area contributed by atoms with Crippen LogP contribution in [0.2, 0.25) is 0 Å². The van der Waals surface area contributed by atoms with E-state index < -0.39 is 0 Å². The van der Waals surface area contributed by atoms with Gasteiger partial charge >= 0.3 is 0 Å². The first-order chi connectivity index (χ1) is 9.61. The highest BCUT2D eigenvalue weighted by molar-refractivity contribution is 9.10. The number of aromatic nitrogens is 2. The Kier molecular flexibility index (Phi) is 5.38. The predicted octanol–water partition coefficient (Wildman–Crippen LogP) is 3.77. The zero-order chi connectivity index (χ0) is 14.5. The van der Waals surface area contributed by atoms with E-state index in [1.54, 1.807) is 0 Å². The number of hydrogen-bond donors (Lipinski definition) is 1. The molecule has 0 aliphatic rings. The van der Waals surface area contributed by atoms with Crippen LogP contribution in [0.1, 0.15) is 36.3 Å². The Balaban J connectivity index is 2.27. The van der Waals surface area contributed by atoms with E-state index in [0.29, 0.717) is 0 Å². The molecule has 3 nitrogen and oxygen atoms in total. The molecule has 1 heterocycles. The molecule has 0 aliphatic heterocycles. The van der Waals surface area contributed by atoms with Gasteiger partial charge in [-0.2, -0.15) is 0 Å². The van der Waals surface area contributed by atoms with Crippen LogP contribution < -0.4 is 5.32 Å². The fourth-order valence-electron chi connectivity index (χ4n) is 2.32. The van der Waals surface area contributed by atoms with Gasteiger partial charge in [-0.15, -0.1) is 0 Å². The second kappa shape index (κ2) is 7.04. The minimum absolute atomic E-state index is 0.283. The maximum Gasteiger partial charge on any atom is 0.110 e. The van der Waals surface area contributed by atoms with Gasteiger partial charge in [0.2, 0.25) is 0 Å². The number of nitrogens with zero attached hydrogens (tertiary/aromatic N) is 2. The fraction of sp³-hybridized carbons (Fsp3) is 0.438. The summed E-state index contributed by atoms with van der Waals surface area (Å²) < 4.78 is 3.25. The van der Waals surface area contributed by atoms with Crippen molar-refractivity contribution in [1.29, 1.82) is 0 Å². The molecule has 1 aromatic heterocycles. The van der Waals surface area contributed by atoms with E-state index in [2.05, 4.69) is 62.8 Å². The van der Waals surface area contributed by atoms with Crippen LogP contribution in [0, 0.1) is 6.92 Å². The lowest BCUT2D eigenvalue weighted by Gasteiger charge is -2.20. The summed E-state index contributed by atoms with van der Waals surface area (Å²) in [6.07, 6.45) is 5.88. The van der Waals surface area contributed by atoms with Gasteiger partial charge in [-0.1, -0.05) is 40.5 Å². The second-order valence-electron chi connectivity index (χ2n) is 5.19. The van der Waals surface area contributed by atoms with Crippen molar-refractivity contribution in [2.45, 2.75) is 32.7 Å². The van der Waals surface area contributed by atoms with Crippen molar-refractivity contribution < 1.29 is 0 Å². The summed E-state index contributed by atoms with van der Waals surface area (Å²) >= 11 is 3.68. The zero-order valence-corrected chi connectivity index (χ0v) is 13.9. The van der Waals surface area contributed by atoms with E-state index in [0.717, 1.165) is 29.7 Å². The molecular weight excluding hydrogens is 314 g/mol. The van der Waals surface area contributed by atoms with Crippen LogP contribution in [-0.2, 0) is 13.5 Å². The third kappa shape index (κ3) is 3.70. The highest BCUT2D eigenvalue weighted by Crippen LogP contribution is 2.27. The first-order valence-electron chi connectivity index (χ1n) is 7.07. The monoisotopic (exact) mass is 335 g/mol. The first kappa shape index (κ1) is 15.3. The summed E-state index contributed by atoms with van der Waals surface area (Å²) in [7, 11) is 2.05. The lowest BCUT2D eigenvalue weighted by atomic mass is 10.0. The van der Waals surface area contributed by atoms with Gasteiger partial charge in [-0.3, -0.25) is 0 Å². The van der Waals surface area contributed by atoms with Crippen LogP contribution in [-0.4, -0.2) is 16.1 Å². The van der Waals surface area contributed by atoms with Crippen LogP contribution in [0.4, 0.5) is 0 Å². The van der Waals surface area contributed by atoms with Crippen LogP contribution in [0.15, 0.2) is 35.1 Å². The maximum atomic E-state index is 4.45. The predicted molar refractivity (Wildman–Crippen MR) is 86.8 cm³/mol. The van der Waals surface area contributed by atoms with E-state index in [9.17, 15) is 0 Å². The van der Waals surface area contributed by atoms with E-state index in [1.165, 1.54) is 11.1 Å². The van der Waals surface area contributed by atoms with Gasteiger partial charge in [0.25, 0.3) is 0 Å². The minimum Gasteiger partial charge on any atom is -0.338 e. The molecular formula is C16H22BrN3. The highest BCUT2D eigenvalue weighted by Gasteiger charge is 2.16. The molecule has 1 unspecified atom stereocenters. The molecule has 0 radical (unpaired) electrons. The average molecular weight is 336 g/mol. The molecule has 0 saturated heterocycles. The van der Waals surface area contributed by atoms with Gasteiger partial charge in [0.15, 0.2) is 0 Å². The van der Waals surface area contributed by atoms with Crippen molar-refractivity contribution in [3.05, 3.63) is 52.0 Å². The molecule has 2 aromatic rings. The SMILES string of the molecule is CCCNC(Cc1nccn1C)c1cc(C)ccc1Br. The lowest BCUT2D eigenvalue weighted by Crippen LogP contribution is -2.25. The highest BCUT2D eigenvalue weighted by atomic mass is 79.9. The standard InChI is InChI=1S/C16H22BrN3/c1-4-7-18-15(11-16-19-8-9-20(16)3)13-10-12(2)5-6-14(13)17/h5-6,8-10,15,18H,4,7,11H2,1-3H3. The fourth-order valence-corrected chi connectivity index (χ4v) is 2.84. The summed E-state index contributed by atoms with van der Waals surface area (Å²) in [5, 5.41) is 3.64. The average Bonchev–Trinajstić information content (AvgIpc) is 2.83. The van der Waals surface area contributed by atoms with Crippen LogP contribution in [0.5, 0.6) is 0 Å². The Labute approximate surface area is 129 Å². The van der Waals surface area contributed by atoms with Crippen molar-refractivity contribution >= 4 is 15.9 Å². The number of hydrogen-bond acceptors (Lipinski definition) is 2. The summed E-state index contributed by atoms with van der Waals surface area (Å²) in [6, 6.07) is 6.79. The number of halogens is 1. The maximum absolute atomic E-state index is 4.45. The van der Waals surface area contributed by atoms with Gasteiger partial charge in [0.1, 0.15) is 5.82 Å². The molecule has 1 aromatic carbocycles. The van der Waals surface area contributed by atoms with Crippen molar-refractivity contribution in [2.75, 3.05) is 6.54 Å². The van der Waals surface area contributed by atoms with Crippen molar-refractivity contribution in [3.63, 3.8) is 0 Å². The number of benzene rings is 1. The molecule has 0 bridgehead atoms. The second-order valence-corrected chi connectivity index (χ2v) is 6.04. The Morgan fingerprint density at radius 2 is 2.20 bits per heavy atom. The molecule has 2 rings (SSSR count). The largest absolute Gasteiger partial charge is 0.338 e. The Morgan fingerprint density at radius 1 is 1.40 bits per heavy atom. The van der Waals surface area contributed by atoms with Crippen molar-refractivity contribution in [2.24, 2.45) is 7.05 Å². The van der Waals surface area contributed by atoms with Crippen molar-refractivity contribution in [3.8, 4) is 0 Å². The molecule has 108 valence electrons. The molecule has 1 atom stereocenters. The topological polar surface area (TPSA) is 29.9 Å². The molecule has 0 saturated carbocycles. The van der Waals surface area contributed by atoms with Crippen LogP contribution in [0.25, 0.3) is 0 Å².